The van der Waals surface area contributed by atoms with E-state index in [2.05, 4.69) is 4.98 Å². The maximum absolute atomic E-state index is 10.7. The predicted molar refractivity (Wildman–Crippen MR) is 45.1 cm³/mol. The summed E-state index contributed by atoms with van der Waals surface area (Å²) in [5.41, 5.74) is 4.24. The minimum atomic E-state index is -1.52. The highest BCUT2D eigenvalue weighted by Gasteiger charge is 2.30. The van der Waals surface area contributed by atoms with Crippen LogP contribution in [0, 0.1) is 0 Å². The van der Waals surface area contributed by atoms with Crippen molar-refractivity contribution >= 4 is 5.97 Å². The van der Waals surface area contributed by atoms with E-state index < -0.39 is 11.5 Å². The Kier molecular flexibility index (Phi) is 2.20. The highest BCUT2D eigenvalue weighted by atomic mass is 16.4. The lowest BCUT2D eigenvalue weighted by Crippen LogP contribution is -2.41. The van der Waals surface area contributed by atoms with Gasteiger partial charge in [0, 0.05) is 11.8 Å². The standard InChI is InChI=1S/C8H10N2O3/c1-8(9,7(12)13)5-2-6(11)4-10-3-5/h2-4,11H,9H2,1H3,(H,12,13)/t8-/m0/s1. The first kappa shape index (κ1) is 9.47. The van der Waals surface area contributed by atoms with Crippen molar-refractivity contribution in [2.75, 3.05) is 0 Å². The number of carboxylic acids is 1. The van der Waals surface area contributed by atoms with Crippen LogP contribution in [0.3, 0.4) is 0 Å². The Labute approximate surface area is 74.8 Å². The zero-order chi connectivity index (χ0) is 10.1. The van der Waals surface area contributed by atoms with Crippen molar-refractivity contribution < 1.29 is 15.0 Å². The minimum Gasteiger partial charge on any atom is -0.506 e. The molecule has 1 atom stereocenters. The first-order chi connectivity index (χ1) is 5.94. The first-order valence-electron chi connectivity index (χ1n) is 3.61. The number of nitrogens with zero attached hydrogens (tertiary/aromatic N) is 1. The van der Waals surface area contributed by atoms with Crippen LogP contribution in [-0.4, -0.2) is 21.2 Å². The lowest BCUT2D eigenvalue weighted by molar-refractivity contribution is -0.143. The lowest BCUT2D eigenvalue weighted by Gasteiger charge is -2.18. The quantitative estimate of drug-likeness (QED) is 0.600. The molecule has 1 rings (SSSR count). The van der Waals surface area contributed by atoms with Crippen LogP contribution in [0.1, 0.15) is 12.5 Å². The Morgan fingerprint density at radius 2 is 2.23 bits per heavy atom. The van der Waals surface area contributed by atoms with E-state index in [1.807, 2.05) is 0 Å². The van der Waals surface area contributed by atoms with E-state index in [4.69, 9.17) is 15.9 Å². The zero-order valence-electron chi connectivity index (χ0n) is 7.06. The highest BCUT2D eigenvalue weighted by Crippen LogP contribution is 2.20. The third-order valence-electron chi connectivity index (χ3n) is 1.77. The number of hydrogen-bond donors (Lipinski definition) is 3. The number of carbonyl (C=O) groups is 1. The summed E-state index contributed by atoms with van der Waals surface area (Å²) in [5, 5.41) is 17.8. The molecule has 1 heterocycles. The van der Waals surface area contributed by atoms with Crippen molar-refractivity contribution in [1.82, 2.24) is 4.98 Å². The smallest absolute Gasteiger partial charge is 0.328 e. The molecule has 70 valence electrons. The molecule has 0 spiro atoms. The Morgan fingerprint density at radius 3 is 2.69 bits per heavy atom. The van der Waals surface area contributed by atoms with Gasteiger partial charge in [-0.15, -0.1) is 0 Å². The van der Waals surface area contributed by atoms with Gasteiger partial charge in [0.2, 0.25) is 0 Å². The van der Waals surface area contributed by atoms with E-state index in [-0.39, 0.29) is 11.3 Å². The van der Waals surface area contributed by atoms with Crippen molar-refractivity contribution in [3.05, 3.63) is 24.0 Å². The zero-order valence-corrected chi connectivity index (χ0v) is 7.06. The second-order valence-electron chi connectivity index (χ2n) is 2.94. The second kappa shape index (κ2) is 3.02. The summed E-state index contributed by atoms with van der Waals surface area (Å²) < 4.78 is 0. The molecular formula is C8H10N2O3. The van der Waals surface area contributed by atoms with E-state index in [1.165, 1.54) is 25.4 Å². The molecule has 0 bridgehead atoms. The number of aliphatic carboxylic acids is 1. The number of pyridine rings is 1. The second-order valence-corrected chi connectivity index (χ2v) is 2.94. The molecule has 4 N–H and O–H groups in total. The molecule has 5 nitrogen and oxygen atoms in total. The number of nitrogens with two attached hydrogens (primary N) is 1. The van der Waals surface area contributed by atoms with Gasteiger partial charge in [-0.25, -0.2) is 4.79 Å². The van der Waals surface area contributed by atoms with Crippen molar-refractivity contribution in [3.63, 3.8) is 0 Å². The van der Waals surface area contributed by atoms with Crippen LogP contribution in [0.5, 0.6) is 5.75 Å². The highest BCUT2D eigenvalue weighted by molar-refractivity contribution is 5.79. The van der Waals surface area contributed by atoms with Crippen LogP contribution in [0.2, 0.25) is 0 Å². The van der Waals surface area contributed by atoms with Crippen LogP contribution < -0.4 is 5.73 Å². The molecule has 0 amide bonds. The average Bonchev–Trinajstić information content (AvgIpc) is 2.04. The van der Waals surface area contributed by atoms with Crippen molar-refractivity contribution in [1.29, 1.82) is 0 Å². The monoisotopic (exact) mass is 182 g/mol. The average molecular weight is 182 g/mol. The van der Waals surface area contributed by atoms with Crippen LogP contribution in [0.15, 0.2) is 18.5 Å². The third-order valence-corrected chi connectivity index (χ3v) is 1.77. The Bertz CT molecular complexity index is 336. The van der Waals surface area contributed by atoms with E-state index in [0.717, 1.165) is 0 Å². The largest absolute Gasteiger partial charge is 0.506 e. The molecule has 5 heteroatoms. The fraction of sp³-hybridized carbons (Fsp3) is 0.250. The van der Waals surface area contributed by atoms with Crippen molar-refractivity contribution in [3.8, 4) is 5.75 Å². The summed E-state index contributed by atoms with van der Waals surface area (Å²) in [5.74, 6) is -1.27. The third kappa shape index (κ3) is 1.75. The molecule has 0 aromatic carbocycles. The van der Waals surface area contributed by atoms with Crippen molar-refractivity contribution in [2.24, 2.45) is 5.73 Å². The molecule has 0 saturated carbocycles. The van der Waals surface area contributed by atoms with Gasteiger partial charge in [-0.05, 0) is 13.0 Å². The molecule has 0 saturated heterocycles. The molecule has 0 fully saturated rings. The van der Waals surface area contributed by atoms with Gasteiger partial charge in [0.1, 0.15) is 11.3 Å². The normalized spacial score (nSPS) is 14.9. The predicted octanol–water partition coefficient (Wildman–Crippen LogP) is 0.0457. The molecule has 0 aliphatic carbocycles. The Hall–Kier alpha value is -1.62. The topological polar surface area (TPSA) is 96.4 Å². The van der Waals surface area contributed by atoms with Gasteiger partial charge < -0.3 is 15.9 Å². The number of rotatable bonds is 2. The fourth-order valence-electron chi connectivity index (χ4n) is 0.835. The van der Waals surface area contributed by atoms with Gasteiger partial charge in [-0.2, -0.15) is 0 Å². The van der Waals surface area contributed by atoms with Gasteiger partial charge in [0.25, 0.3) is 0 Å². The van der Waals surface area contributed by atoms with Crippen LogP contribution >= 0.6 is 0 Å². The van der Waals surface area contributed by atoms with Crippen LogP contribution in [-0.2, 0) is 10.3 Å². The Balaban J connectivity index is 3.14. The summed E-state index contributed by atoms with van der Waals surface area (Å²) >= 11 is 0. The summed E-state index contributed by atoms with van der Waals surface area (Å²) in [6, 6.07) is 1.28. The van der Waals surface area contributed by atoms with Gasteiger partial charge in [-0.1, -0.05) is 0 Å². The molecule has 0 aliphatic heterocycles. The molecule has 13 heavy (non-hydrogen) atoms. The van der Waals surface area contributed by atoms with Gasteiger partial charge >= 0.3 is 5.97 Å². The van der Waals surface area contributed by atoms with E-state index >= 15 is 0 Å². The summed E-state index contributed by atoms with van der Waals surface area (Å²) in [6.45, 7) is 1.34. The molecule has 0 unspecified atom stereocenters. The van der Waals surface area contributed by atoms with Gasteiger partial charge in [0.05, 0.1) is 6.20 Å². The van der Waals surface area contributed by atoms with E-state index in [0.29, 0.717) is 0 Å². The fourth-order valence-corrected chi connectivity index (χ4v) is 0.835. The maximum Gasteiger partial charge on any atom is 0.328 e. The number of hydrogen-bond acceptors (Lipinski definition) is 4. The lowest BCUT2D eigenvalue weighted by atomic mass is 9.95. The summed E-state index contributed by atoms with van der Waals surface area (Å²) in [4.78, 5) is 14.3. The van der Waals surface area contributed by atoms with E-state index in [1.54, 1.807) is 0 Å². The SMILES string of the molecule is C[C@@](N)(C(=O)O)c1cncc(O)c1. The Morgan fingerprint density at radius 1 is 1.62 bits per heavy atom. The van der Waals surface area contributed by atoms with Gasteiger partial charge in [0.15, 0.2) is 0 Å². The van der Waals surface area contributed by atoms with Crippen molar-refractivity contribution in [2.45, 2.75) is 12.5 Å². The summed E-state index contributed by atoms with van der Waals surface area (Å²) in [7, 11) is 0. The van der Waals surface area contributed by atoms with Crippen LogP contribution in [0.25, 0.3) is 0 Å². The number of aromatic hydroxyl groups is 1. The first-order valence-corrected chi connectivity index (χ1v) is 3.61. The van der Waals surface area contributed by atoms with Crippen LogP contribution in [0.4, 0.5) is 0 Å². The summed E-state index contributed by atoms with van der Waals surface area (Å²) in [6.07, 6.45) is 2.52. The minimum absolute atomic E-state index is 0.101. The number of carboxylic acid groups (broad SMARTS) is 1. The molecule has 0 radical (unpaired) electrons. The number of aromatic nitrogens is 1. The van der Waals surface area contributed by atoms with Gasteiger partial charge in [-0.3, -0.25) is 4.98 Å². The molecule has 1 aromatic heterocycles. The van der Waals surface area contributed by atoms with E-state index in [9.17, 15) is 4.79 Å². The molecule has 1 aromatic rings. The molecular weight excluding hydrogens is 172 g/mol. The maximum atomic E-state index is 10.7. The molecule has 0 aliphatic rings.